The number of benzene rings is 1. The SMILES string of the molecule is CCOc1ccc(CC(=O)N(C)C(C)c2nc(C)sc2C)cc1. The van der Waals surface area contributed by atoms with Crippen LogP contribution in [0.5, 0.6) is 5.75 Å². The summed E-state index contributed by atoms with van der Waals surface area (Å²) >= 11 is 1.67. The molecule has 0 aliphatic rings. The molecule has 2 rings (SSSR count). The van der Waals surface area contributed by atoms with Crippen LogP contribution in [-0.4, -0.2) is 29.4 Å². The first-order valence-corrected chi connectivity index (χ1v) is 8.65. The van der Waals surface area contributed by atoms with E-state index < -0.39 is 0 Å². The molecule has 0 spiro atoms. The van der Waals surface area contributed by atoms with Crippen LogP contribution >= 0.6 is 11.3 Å². The molecule has 2 aromatic rings. The number of carbonyl (C=O) groups is 1. The monoisotopic (exact) mass is 332 g/mol. The Morgan fingerprint density at radius 2 is 1.96 bits per heavy atom. The molecule has 0 saturated heterocycles. The molecule has 1 atom stereocenters. The molecule has 4 nitrogen and oxygen atoms in total. The summed E-state index contributed by atoms with van der Waals surface area (Å²) in [7, 11) is 1.84. The molecular formula is C18H24N2O2S. The summed E-state index contributed by atoms with van der Waals surface area (Å²) in [6.45, 7) is 8.68. The summed E-state index contributed by atoms with van der Waals surface area (Å²) in [5, 5.41) is 1.04. The summed E-state index contributed by atoms with van der Waals surface area (Å²) in [5.41, 5.74) is 1.98. The number of hydrogen-bond donors (Lipinski definition) is 0. The number of hydrogen-bond acceptors (Lipinski definition) is 4. The summed E-state index contributed by atoms with van der Waals surface area (Å²) in [4.78, 5) is 20.0. The molecule has 124 valence electrons. The van der Waals surface area contributed by atoms with E-state index in [2.05, 4.69) is 11.9 Å². The Balaban J connectivity index is 2.03. The highest BCUT2D eigenvalue weighted by Gasteiger charge is 2.21. The van der Waals surface area contributed by atoms with Gasteiger partial charge < -0.3 is 9.64 Å². The lowest BCUT2D eigenvalue weighted by Crippen LogP contribution is -2.31. The maximum atomic E-state index is 12.5. The third-order valence-electron chi connectivity index (χ3n) is 3.90. The van der Waals surface area contributed by atoms with E-state index in [9.17, 15) is 4.79 Å². The molecule has 1 aromatic heterocycles. The van der Waals surface area contributed by atoms with Gasteiger partial charge in [-0.05, 0) is 45.4 Å². The Kier molecular flexibility index (Phi) is 5.77. The van der Waals surface area contributed by atoms with Crippen LogP contribution in [0.15, 0.2) is 24.3 Å². The molecular weight excluding hydrogens is 308 g/mol. The highest BCUT2D eigenvalue weighted by molar-refractivity contribution is 7.11. The zero-order valence-corrected chi connectivity index (χ0v) is 15.2. The molecule has 5 heteroatoms. The first-order chi connectivity index (χ1) is 10.9. The summed E-state index contributed by atoms with van der Waals surface area (Å²) in [6, 6.07) is 7.68. The zero-order valence-electron chi connectivity index (χ0n) is 14.4. The number of aryl methyl sites for hydroxylation is 2. The minimum absolute atomic E-state index is 0.0184. The van der Waals surface area contributed by atoms with Crippen LogP contribution in [-0.2, 0) is 11.2 Å². The van der Waals surface area contributed by atoms with Gasteiger partial charge in [0.25, 0.3) is 0 Å². The molecule has 1 amide bonds. The maximum absolute atomic E-state index is 12.5. The van der Waals surface area contributed by atoms with E-state index in [1.807, 2.05) is 52.1 Å². The molecule has 0 aliphatic heterocycles. The molecule has 1 unspecified atom stereocenters. The van der Waals surface area contributed by atoms with Crippen molar-refractivity contribution in [2.75, 3.05) is 13.7 Å². The van der Waals surface area contributed by atoms with E-state index in [4.69, 9.17) is 4.74 Å². The van der Waals surface area contributed by atoms with E-state index in [0.717, 1.165) is 22.0 Å². The van der Waals surface area contributed by atoms with Gasteiger partial charge in [-0.1, -0.05) is 12.1 Å². The quantitative estimate of drug-likeness (QED) is 0.805. The Morgan fingerprint density at radius 1 is 1.30 bits per heavy atom. The van der Waals surface area contributed by atoms with Gasteiger partial charge in [-0.2, -0.15) is 0 Å². The maximum Gasteiger partial charge on any atom is 0.227 e. The standard InChI is InChI=1S/C18H24N2O2S/c1-6-22-16-9-7-15(8-10-16)11-17(21)20(5)12(2)18-13(3)23-14(4)19-18/h7-10,12H,6,11H2,1-5H3. The van der Waals surface area contributed by atoms with Crippen molar-refractivity contribution >= 4 is 17.2 Å². The van der Waals surface area contributed by atoms with Crippen LogP contribution < -0.4 is 4.74 Å². The van der Waals surface area contributed by atoms with Crippen LogP contribution in [0.25, 0.3) is 0 Å². The van der Waals surface area contributed by atoms with Crippen LogP contribution in [0.4, 0.5) is 0 Å². The normalized spacial score (nSPS) is 12.0. The van der Waals surface area contributed by atoms with Crippen LogP contribution in [0.3, 0.4) is 0 Å². The van der Waals surface area contributed by atoms with Crippen molar-refractivity contribution in [1.82, 2.24) is 9.88 Å². The third-order valence-corrected chi connectivity index (χ3v) is 4.80. The topological polar surface area (TPSA) is 42.4 Å². The van der Waals surface area contributed by atoms with E-state index in [0.29, 0.717) is 13.0 Å². The molecule has 0 radical (unpaired) electrons. The van der Waals surface area contributed by atoms with Gasteiger partial charge >= 0.3 is 0 Å². The minimum atomic E-state index is -0.0184. The number of carbonyl (C=O) groups excluding carboxylic acids is 1. The van der Waals surface area contributed by atoms with Crippen molar-refractivity contribution in [1.29, 1.82) is 0 Å². The number of ether oxygens (including phenoxy) is 1. The Bertz CT molecular complexity index is 664. The predicted molar refractivity (Wildman–Crippen MR) is 94.1 cm³/mol. The van der Waals surface area contributed by atoms with Crippen molar-refractivity contribution in [3.05, 3.63) is 45.4 Å². The molecule has 0 N–H and O–H groups in total. The van der Waals surface area contributed by atoms with Crippen molar-refractivity contribution in [3.63, 3.8) is 0 Å². The van der Waals surface area contributed by atoms with E-state index >= 15 is 0 Å². The van der Waals surface area contributed by atoms with Gasteiger partial charge in [-0.15, -0.1) is 11.3 Å². The van der Waals surface area contributed by atoms with Gasteiger partial charge in [0.2, 0.25) is 5.91 Å². The summed E-state index contributed by atoms with van der Waals surface area (Å²) in [6.07, 6.45) is 0.384. The fourth-order valence-electron chi connectivity index (χ4n) is 2.50. The van der Waals surface area contributed by atoms with Gasteiger partial charge in [0.05, 0.1) is 29.8 Å². The van der Waals surface area contributed by atoms with Gasteiger partial charge in [0.1, 0.15) is 5.75 Å². The molecule has 0 bridgehead atoms. The van der Waals surface area contributed by atoms with Gasteiger partial charge in [-0.25, -0.2) is 4.98 Å². The number of rotatable bonds is 6. The molecule has 0 aliphatic carbocycles. The third kappa shape index (κ3) is 4.32. The van der Waals surface area contributed by atoms with E-state index in [1.165, 1.54) is 4.88 Å². The van der Waals surface area contributed by atoms with Crippen molar-refractivity contribution in [2.24, 2.45) is 0 Å². The highest BCUT2D eigenvalue weighted by atomic mass is 32.1. The molecule has 0 saturated carbocycles. The molecule has 0 fully saturated rings. The number of likely N-dealkylation sites (N-methyl/N-ethyl adjacent to an activating group) is 1. The fourth-order valence-corrected chi connectivity index (χ4v) is 3.41. The number of aromatic nitrogens is 1. The number of amides is 1. The van der Waals surface area contributed by atoms with Crippen molar-refractivity contribution in [2.45, 2.75) is 40.2 Å². The lowest BCUT2D eigenvalue weighted by molar-refractivity contribution is -0.131. The smallest absolute Gasteiger partial charge is 0.227 e. The van der Waals surface area contributed by atoms with Crippen LogP contribution in [0.2, 0.25) is 0 Å². The van der Waals surface area contributed by atoms with E-state index in [-0.39, 0.29) is 11.9 Å². The van der Waals surface area contributed by atoms with E-state index in [1.54, 1.807) is 16.2 Å². The Morgan fingerprint density at radius 3 is 2.48 bits per heavy atom. The zero-order chi connectivity index (χ0) is 17.0. The Labute approximate surface area is 142 Å². The average Bonchev–Trinajstić information content (AvgIpc) is 2.86. The summed E-state index contributed by atoms with van der Waals surface area (Å²) < 4.78 is 5.42. The minimum Gasteiger partial charge on any atom is -0.494 e. The lowest BCUT2D eigenvalue weighted by atomic mass is 10.1. The molecule has 1 aromatic carbocycles. The first kappa shape index (κ1) is 17.5. The number of thiazole rings is 1. The highest BCUT2D eigenvalue weighted by Crippen LogP contribution is 2.26. The van der Waals surface area contributed by atoms with Crippen molar-refractivity contribution < 1.29 is 9.53 Å². The number of nitrogens with zero attached hydrogens (tertiary/aromatic N) is 2. The van der Waals surface area contributed by atoms with Crippen LogP contribution in [0.1, 0.15) is 41.0 Å². The lowest BCUT2D eigenvalue weighted by Gasteiger charge is -2.24. The second-order valence-electron chi connectivity index (χ2n) is 5.61. The Hall–Kier alpha value is -1.88. The predicted octanol–water partition coefficient (Wildman–Crippen LogP) is 3.92. The average molecular weight is 332 g/mol. The molecule has 23 heavy (non-hydrogen) atoms. The van der Waals surface area contributed by atoms with Gasteiger partial charge in [-0.3, -0.25) is 4.79 Å². The largest absolute Gasteiger partial charge is 0.494 e. The first-order valence-electron chi connectivity index (χ1n) is 7.83. The summed E-state index contributed by atoms with van der Waals surface area (Å²) in [5.74, 6) is 0.922. The second-order valence-corrected chi connectivity index (χ2v) is 7.02. The van der Waals surface area contributed by atoms with Gasteiger partial charge in [0, 0.05) is 11.9 Å². The van der Waals surface area contributed by atoms with Gasteiger partial charge in [0.15, 0.2) is 0 Å². The second kappa shape index (κ2) is 7.59. The van der Waals surface area contributed by atoms with Crippen molar-refractivity contribution in [3.8, 4) is 5.75 Å². The van der Waals surface area contributed by atoms with Crippen LogP contribution in [0, 0.1) is 13.8 Å². The molecule has 1 heterocycles. The fraction of sp³-hybridized carbons (Fsp3) is 0.444.